The van der Waals surface area contributed by atoms with Crippen molar-refractivity contribution in [1.29, 1.82) is 0 Å². The minimum atomic E-state index is -4.27. The maximum absolute atomic E-state index is 12.8. The number of carbonyl (C=O) groups excluding carboxylic acids is 1. The Labute approximate surface area is 142 Å². The average Bonchev–Trinajstić information content (AvgIpc) is 2.96. The van der Waals surface area contributed by atoms with Gasteiger partial charge in [-0.2, -0.15) is 8.78 Å². The van der Waals surface area contributed by atoms with Crippen LogP contribution in [0, 0.1) is 0 Å². The second-order valence-electron chi connectivity index (χ2n) is 5.90. The molecule has 5 nitrogen and oxygen atoms in total. The highest BCUT2D eigenvalue weighted by molar-refractivity contribution is 5.78. The van der Waals surface area contributed by atoms with Crippen LogP contribution >= 0.6 is 0 Å². The number of amides is 1. The summed E-state index contributed by atoms with van der Waals surface area (Å²) in [6, 6.07) is 6.93. The lowest BCUT2D eigenvalue weighted by Crippen LogP contribution is -2.37. The number of hydrogen-bond acceptors (Lipinski definition) is 4. The Hall–Kier alpha value is -1.87. The van der Waals surface area contributed by atoms with E-state index in [2.05, 4.69) is 4.74 Å². The SMILES string of the molecule is COc1cccc([C@H]2CN(C(=O)COCC(F)(F)C(F)F)C[C@@H]2N)c1. The molecule has 9 heteroatoms. The second-order valence-corrected chi connectivity index (χ2v) is 5.90. The molecule has 0 aliphatic carbocycles. The first-order chi connectivity index (χ1) is 11.7. The van der Waals surface area contributed by atoms with Crippen LogP contribution in [0.5, 0.6) is 5.75 Å². The normalized spacial score (nSPS) is 21.0. The van der Waals surface area contributed by atoms with Crippen LogP contribution in [0.1, 0.15) is 11.5 Å². The standard InChI is InChI=1S/C16H20F4N2O3/c1-24-11-4-2-3-10(5-11)12-6-22(7-13(12)21)14(23)8-25-9-16(19,20)15(17)18/h2-5,12-13,15H,6-9,21H2,1H3/t12-,13+/m1/s1. The first kappa shape index (κ1) is 19.5. The zero-order chi connectivity index (χ0) is 18.6. The molecule has 1 heterocycles. The van der Waals surface area contributed by atoms with E-state index in [-0.39, 0.29) is 18.5 Å². The molecule has 1 aliphatic heterocycles. The fourth-order valence-corrected chi connectivity index (χ4v) is 2.69. The molecule has 1 aromatic rings. The number of nitrogens with zero attached hydrogens (tertiary/aromatic N) is 1. The molecule has 1 saturated heterocycles. The van der Waals surface area contributed by atoms with Gasteiger partial charge in [-0.25, -0.2) is 8.78 Å². The maximum Gasteiger partial charge on any atom is 0.330 e. The fourth-order valence-electron chi connectivity index (χ4n) is 2.69. The lowest BCUT2D eigenvalue weighted by Gasteiger charge is -2.19. The van der Waals surface area contributed by atoms with Gasteiger partial charge in [-0.3, -0.25) is 4.79 Å². The van der Waals surface area contributed by atoms with E-state index in [1.165, 1.54) is 12.0 Å². The Bertz CT molecular complexity index is 600. The van der Waals surface area contributed by atoms with Gasteiger partial charge in [0.15, 0.2) is 0 Å². The largest absolute Gasteiger partial charge is 0.497 e. The number of halogens is 4. The van der Waals surface area contributed by atoms with Crippen molar-refractivity contribution in [2.75, 3.05) is 33.4 Å². The zero-order valence-corrected chi connectivity index (χ0v) is 13.6. The summed E-state index contributed by atoms with van der Waals surface area (Å²) in [7, 11) is 1.54. The molecule has 1 aliphatic rings. The lowest BCUT2D eigenvalue weighted by molar-refractivity contribution is -0.170. The number of ether oxygens (including phenoxy) is 2. The van der Waals surface area contributed by atoms with Crippen molar-refractivity contribution in [3.8, 4) is 5.75 Å². The molecule has 0 saturated carbocycles. The van der Waals surface area contributed by atoms with Crippen LogP contribution < -0.4 is 10.5 Å². The van der Waals surface area contributed by atoms with E-state index in [9.17, 15) is 22.4 Å². The Kier molecular flexibility index (Phi) is 6.23. The van der Waals surface area contributed by atoms with Crippen LogP contribution in [0.2, 0.25) is 0 Å². The van der Waals surface area contributed by atoms with Gasteiger partial charge in [0.25, 0.3) is 0 Å². The van der Waals surface area contributed by atoms with Gasteiger partial charge in [0.2, 0.25) is 5.91 Å². The van der Waals surface area contributed by atoms with Crippen LogP contribution in [-0.2, 0) is 9.53 Å². The monoisotopic (exact) mass is 364 g/mol. The van der Waals surface area contributed by atoms with Gasteiger partial charge in [0.1, 0.15) is 19.0 Å². The zero-order valence-electron chi connectivity index (χ0n) is 13.6. The van der Waals surface area contributed by atoms with Gasteiger partial charge in [-0.1, -0.05) is 12.1 Å². The lowest BCUT2D eigenvalue weighted by atomic mass is 9.95. The Morgan fingerprint density at radius 3 is 2.76 bits per heavy atom. The summed E-state index contributed by atoms with van der Waals surface area (Å²) in [6.07, 6.45) is -3.83. The van der Waals surface area contributed by atoms with E-state index in [1.807, 2.05) is 12.1 Å². The Balaban J connectivity index is 1.90. The molecular weight excluding hydrogens is 344 g/mol. The third-order valence-corrected chi connectivity index (χ3v) is 4.08. The first-order valence-corrected chi connectivity index (χ1v) is 7.65. The third-order valence-electron chi connectivity index (χ3n) is 4.08. The topological polar surface area (TPSA) is 64.8 Å². The molecule has 1 amide bonds. The Morgan fingerprint density at radius 2 is 2.12 bits per heavy atom. The van der Waals surface area contributed by atoms with Crippen molar-refractivity contribution in [3.63, 3.8) is 0 Å². The summed E-state index contributed by atoms with van der Waals surface area (Å²) in [5.74, 6) is -4.32. The molecule has 0 unspecified atom stereocenters. The van der Waals surface area contributed by atoms with Gasteiger partial charge >= 0.3 is 12.3 Å². The molecule has 140 valence electrons. The fraction of sp³-hybridized carbons (Fsp3) is 0.562. The van der Waals surface area contributed by atoms with Crippen LogP contribution in [0.25, 0.3) is 0 Å². The van der Waals surface area contributed by atoms with Crippen molar-refractivity contribution in [3.05, 3.63) is 29.8 Å². The van der Waals surface area contributed by atoms with E-state index in [0.29, 0.717) is 12.3 Å². The number of carbonyl (C=O) groups is 1. The van der Waals surface area contributed by atoms with Crippen molar-refractivity contribution in [1.82, 2.24) is 4.90 Å². The van der Waals surface area contributed by atoms with Crippen molar-refractivity contribution in [2.24, 2.45) is 5.73 Å². The minimum absolute atomic E-state index is 0.137. The van der Waals surface area contributed by atoms with E-state index >= 15 is 0 Å². The van der Waals surface area contributed by atoms with Gasteiger partial charge in [-0.05, 0) is 17.7 Å². The van der Waals surface area contributed by atoms with Crippen molar-refractivity contribution in [2.45, 2.75) is 24.3 Å². The van der Waals surface area contributed by atoms with Gasteiger partial charge < -0.3 is 20.1 Å². The summed E-state index contributed by atoms with van der Waals surface area (Å²) in [5, 5.41) is 0. The predicted molar refractivity (Wildman–Crippen MR) is 82.1 cm³/mol. The van der Waals surface area contributed by atoms with Crippen LogP contribution in [-0.4, -0.2) is 62.6 Å². The molecule has 2 N–H and O–H groups in total. The highest BCUT2D eigenvalue weighted by Gasteiger charge is 2.41. The van der Waals surface area contributed by atoms with Gasteiger partial charge in [-0.15, -0.1) is 0 Å². The number of likely N-dealkylation sites (tertiary alicyclic amines) is 1. The van der Waals surface area contributed by atoms with Crippen molar-refractivity contribution < 1.29 is 31.8 Å². The molecule has 1 aromatic carbocycles. The summed E-state index contributed by atoms with van der Waals surface area (Å²) >= 11 is 0. The predicted octanol–water partition coefficient (Wildman–Crippen LogP) is 1.87. The minimum Gasteiger partial charge on any atom is -0.497 e. The number of methoxy groups -OCH3 is 1. The number of hydrogen-bond donors (Lipinski definition) is 1. The summed E-state index contributed by atoms with van der Waals surface area (Å²) in [6.45, 7) is -1.67. The summed E-state index contributed by atoms with van der Waals surface area (Å²) in [4.78, 5) is 13.4. The molecule has 2 atom stereocenters. The summed E-state index contributed by atoms with van der Waals surface area (Å²) in [5.41, 5.74) is 6.97. The van der Waals surface area contributed by atoms with E-state index in [0.717, 1.165) is 5.56 Å². The summed E-state index contributed by atoms with van der Waals surface area (Å²) < 4.78 is 59.2. The van der Waals surface area contributed by atoms with E-state index < -0.39 is 31.5 Å². The second kappa shape index (κ2) is 8.01. The van der Waals surface area contributed by atoms with E-state index in [4.69, 9.17) is 10.5 Å². The quantitative estimate of drug-likeness (QED) is 0.751. The molecule has 2 rings (SSSR count). The first-order valence-electron chi connectivity index (χ1n) is 7.65. The van der Waals surface area contributed by atoms with Gasteiger partial charge in [0.05, 0.1) is 7.11 Å². The third kappa shape index (κ3) is 4.82. The highest BCUT2D eigenvalue weighted by atomic mass is 19.3. The highest BCUT2D eigenvalue weighted by Crippen LogP contribution is 2.29. The molecular formula is C16H20F4N2O3. The molecule has 0 radical (unpaired) electrons. The average molecular weight is 364 g/mol. The molecule has 1 fully saturated rings. The Morgan fingerprint density at radius 1 is 1.40 bits per heavy atom. The van der Waals surface area contributed by atoms with E-state index in [1.54, 1.807) is 12.1 Å². The van der Waals surface area contributed by atoms with Crippen molar-refractivity contribution >= 4 is 5.91 Å². The molecule has 0 aromatic heterocycles. The van der Waals surface area contributed by atoms with Gasteiger partial charge in [0, 0.05) is 25.0 Å². The number of benzene rings is 1. The number of rotatable bonds is 7. The maximum atomic E-state index is 12.8. The molecule has 0 spiro atoms. The molecule has 25 heavy (non-hydrogen) atoms. The van der Waals surface area contributed by atoms with Crippen LogP contribution in [0.3, 0.4) is 0 Å². The number of nitrogens with two attached hydrogens (primary N) is 1. The van der Waals surface area contributed by atoms with Crippen LogP contribution in [0.15, 0.2) is 24.3 Å². The van der Waals surface area contributed by atoms with Crippen LogP contribution in [0.4, 0.5) is 17.6 Å². The molecule has 0 bridgehead atoms. The smallest absolute Gasteiger partial charge is 0.330 e. The number of alkyl halides is 4.